The van der Waals surface area contributed by atoms with Crippen molar-refractivity contribution in [2.24, 2.45) is 0 Å². The maximum Gasteiger partial charge on any atom is 0.308 e. The topological polar surface area (TPSA) is 47.4 Å². The highest BCUT2D eigenvalue weighted by Crippen LogP contribution is 2.31. The maximum atomic E-state index is 11.5. The van der Waals surface area contributed by atoms with Crippen LogP contribution in [-0.4, -0.2) is 27.0 Å². The molecule has 204 valence electrons. The van der Waals surface area contributed by atoms with Crippen molar-refractivity contribution in [1.82, 2.24) is 14.5 Å². The lowest BCUT2D eigenvalue weighted by atomic mass is 10.1. The molecule has 0 atom stereocenters. The largest absolute Gasteiger partial charge is 0.426 e. The summed E-state index contributed by atoms with van der Waals surface area (Å²) in [7, 11) is 0. The van der Waals surface area contributed by atoms with Crippen molar-refractivity contribution in [2.45, 2.75) is 73.0 Å². The number of ether oxygens (including phenoxy) is 1. The van der Waals surface area contributed by atoms with Crippen LogP contribution in [0.1, 0.15) is 63.3 Å². The second-order valence-corrected chi connectivity index (χ2v) is 10.2. The molecule has 0 radical (unpaired) electrons. The van der Waals surface area contributed by atoms with Crippen LogP contribution in [0, 0.1) is 6.92 Å². The minimum atomic E-state index is -0.293. The van der Waals surface area contributed by atoms with Crippen LogP contribution >= 0.6 is 0 Å². The average molecular weight is 524 g/mol. The molecule has 0 aliphatic heterocycles. The average Bonchev–Trinajstić information content (AvgIpc) is 3.30. The fourth-order valence-electron chi connectivity index (χ4n) is 4.98. The van der Waals surface area contributed by atoms with Gasteiger partial charge in [0.15, 0.2) is 0 Å². The smallest absolute Gasteiger partial charge is 0.308 e. The predicted molar refractivity (Wildman–Crippen MR) is 160 cm³/mol. The number of carbonyl (C=O) groups is 1. The first-order valence-electron chi connectivity index (χ1n) is 14.2. The fraction of sp³-hybridized carbons (Fsp3) is 0.353. The summed E-state index contributed by atoms with van der Waals surface area (Å²) in [5.41, 5.74) is 6.81. The number of benzene rings is 3. The summed E-state index contributed by atoms with van der Waals surface area (Å²) in [5, 5.41) is 0. The Bertz CT molecular complexity index is 1350. The van der Waals surface area contributed by atoms with Crippen LogP contribution in [0.2, 0.25) is 0 Å². The molecule has 1 heterocycles. The highest BCUT2D eigenvalue weighted by Gasteiger charge is 2.22. The molecule has 5 nitrogen and oxygen atoms in total. The van der Waals surface area contributed by atoms with Gasteiger partial charge in [-0.3, -0.25) is 9.69 Å². The van der Waals surface area contributed by atoms with Crippen LogP contribution in [-0.2, 0) is 24.4 Å². The van der Waals surface area contributed by atoms with Gasteiger partial charge >= 0.3 is 5.97 Å². The summed E-state index contributed by atoms with van der Waals surface area (Å²) in [6, 6.07) is 27.3. The third kappa shape index (κ3) is 7.45. The van der Waals surface area contributed by atoms with E-state index in [1.165, 1.54) is 18.2 Å². The minimum absolute atomic E-state index is 0.293. The van der Waals surface area contributed by atoms with Crippen molar-refractivity contribution in [3.05, 3.63) is 95.7 Å². The van der Waals surface area contributed by atoms with Crippen molar-refractivity contribution in [2.75, 3.05) is 6.54 Å². The molecule has 3 aromatic carbocycles. The molecule has 0 saturated heterocycles. The molecule has 0 spiro atoms. The summed E-state index contributed by atoms with van der Waals surface area (Å²) in [6.07, 6.45) is 4.49. The van der Waals surface area contributed by atoms with E-state index >= 15 is 0 Å². The van der Waals surface area contributed by atoms with E-state index in [-0.39, 0.29) is 5.97 Å². The molecule has 0 amide bonds. The van der Waals surface area contributed by atoms with Gasteiger partial charge in [0.05, 0.1) is 11.4 Å². The zero-order chi connectivity index (χ0) is 27.6. The SMILES string of the molecule is CCCCN(Cc1ccc(OC(C)=O)c(C)c1)Cc1c(-c2ccccc2)nc(-c2ccccc2)n1CCCC. The third-order valence-electron chi connectivity index (χ3n) is 6.99. The third-order valence-corrected chi connectivity index (χ3v) is 6.99. The summed E-state index contributed by atoms with van der Waals surface area (Å²) in [6.45, 7) is 11.5. The van der Waals surface area contributed by atoms with Crippen LogP contribution in [0.5, 0.6) is 5.75 Å². The number of rotatable bonds is 13. The van der Waals surface area contributed by atoms with Gasteiger partial charge in [0.2, 0.25) is 0 Å². The Hall–Kier alpha value is -3.70. The number of nitrogens with zero attached hydrogens (tertiary/aromatic N) is 3. The predicted octanol–water partition coefficient (Wildman–Crippen LogP) is 8.05. The summed E-state index contributed by atoms with van der Waals surface area (Å²) in [4.78, 5) is 19.3. The van der Waals surface area contributed by atoms with Gasteiger partial charge in [0.25, 0.3) is 0 Å². The Morgan fingerprint density at radius 3 is 2.15 bits per heavy atom. The molecule has 4 rings (SSSR count). The number of aromatic nitrogens is 2. The lowest BCUT2D eigenvalue weighted by Crippen LogP contribution is -2.26. The number of hydrogen-bond acceptors (Lipinski definition) is 4. The van der Waals surface area contributed by atoms with Gasteiger partial charge in [0, 0.05) is 37.7 Å². The Balaban J connectivity index is 1.75. The van der Waals surface area contributed by atoms with E-state index in [0.717, 1.165) is 80.1 Å². The molecule has 4 aromatic rings. The van der Waals surface area contributed by atoms with Crippen molar-refractivity contribution in [3.8, 4) is 28.4 Å². The maximum absolute atomic E-state index is 11.5. The second-order valence-electron chi connectivity index (χ2n) is 10.2. The van der Waals surface area contributed by atoms with Crippen molar-refractivity contribution in [1.29, 1.82) is 0 Å². The molecule has 0 bridgehead atoms. The lowest BCUT2D eigenvalue weighted by molar-refractivity contribution is -0.131. The first kappa shape index (κ1) is 28.3. The van der Waals surface area contributed by atoms with E-state index in [2.05, 4.69) is 96.1 Å². The van der Waals surface area contributed by atoms with Gasteiger partial charge in [-0.25, -0.2) is 4.98 Å². The first-order chi connectivity index (χ1) is 19.0. The van der Waals surface area contributed by atoms with E-state index in [1.54, 1.807) is 0 Å². The molecule has 5 heteroatoms. The Kier molecular flexibility index (Phi) is 10.1. The molecule has 0 saturated carbocycles. The van der Waals surface area contributed by atoms with Crippen LogP contribution < -0.4 is 4.74 Å². The fourth-order valence-corrected chi connectivity index (χ4v) is 4.98. The van der Waals surface area contributed by atoms with Crippen LogP contribution in [0.3, 0.4) is 0 Å². The van der Waals surface area contributed by atoms with Gasteiger partial charge in [-0.15, -0.1) is 0 Å². The summed E-state index contributed by atoms with van der Waals surface area (Å²) < 4.78 is 7.82. The quantitative estimate of drug-likeness (QED) is 0.131. The standard InChI is InChI=1S/C34H41N3O2/c1-5-7-21-36(24-28-19-20-32(26(3)23-28)39-27(4)38)25-31-33(29-15-11-9-12-16-29)35-34(37(31)22-8-6-2)30-17-13-10-14-18-30/h9-20,23H,5-8,21-22,24-25H2,1-4H3. The van der Waals surface area contributed by atoms with Gasteiger partial charge in [-0.1, -0.05) is 99.5 Å². The van der Waals surface area contributed by atoms with Gasteiger partial charge in [-0.2, -0.15) is 0 Å². The van der Waals surface area contributed by atoms with Crippen molar-refractivity contribution in [3.63, 3.8) is 0 Å². The van der Waals surface area contributed by atoms with E-state index < -0.39 is 0 Å². The van der Waals surface area contributed by atoms with E-state index in [9.17, 15) is 4.79 Å². The molecule has 0 aliphatic carbocycles. The lowest BCUT2D eigenvalue weighted by Gasteiger charge is -2.24. The molecule has 0 unspecified atom stereocenters. The number of esters is 1. The molecule has 1 aromatic heterocycles. The molecule has 0 aliphatic rings. The van der Waals surface area contributed by atoms with Crippen LogP contribution in [0.25, 0.3) is 22.6 Å². The molecule has 0 fully saturated rings. The van der Waals surface area contributed by atoms with Gasteiger partial charge < -0.3 is 9.30 Å². The summed E-state index contributed by atoms with van der Waals surface area (Å²) >= 11 is 0. The molecule has 39 heavy (non-hydrogen) atoms. The second kappa shape index (κ2) is 13.9. The van der Waals surface area contributed by atoms with Crippen LogP contribution in [0.4, 0.5) is 0 Å². The van der Waals surface area contributed by atoms with Crippen LogP contribution in [0.15, 0.2) is 78.9 Å². The highest BCUT2D eigenvalue weighted by atomic mass is 16.5. The zero-order valence-corrected chi connectivity index (χ0v) is 23.8. The van der Waals surface area contributed by atoms with E-state index in [4.69, 9.17) is 9.72 Å². The minimum Gasteiger partial charge on any atom is -0.426 e. The molecular weight excluding hydrogens is 482 g/mol. The normalized spacial score (nSPS) is 11.2. The van der Waals surface area contributed by atoms with E-state index in [0.29, 0.717) is 5.75 Å². The monoisotopic (exact) mass is 523 g/mol. The van der Waals surface area contributed by atoms with Crippen molar-refractivity contribution >= 4 is 5.97 Å². The Morgan fingerprint density at radius 2 is 1.54 bits per heavy atom. The number of unbranched alkanes of at least 4 members (excludes halogenated alkanes) is 2. The Labute approximate surface area is 233 Å². The molecular formula is C34H41N3O2. The number of hydrogen-bond donors (Lipinski definition) is 0. The van der Waals surface area contributed by atoms with Gasteiger partial charge in [-0.05, 0) is 43.5 Å². The highest BCUT2D eigenvalue weighted by molar-refractivity contribution is 5.70. The van der Waals surface area contributed by atoms with Gasteiger partial charge in [0.1, 0.15) is 11.6 Å². The number of aryl methyl sites for hydroxylation is 1. The summed E-state index contributed by atoms with van der Waals surface area (Å²) in [5.74, 6) is 1.37. The zero-order valence-electron chi connectivity index (χ0n) is 23.8. The number of imidazole rings is 1. The van der Waals surface area contributed by atoms with E-state index in [1.807, 2.05) is 13.0 Å². The first-order valence-corrected chi connectivity index (χ1v) is 14.2. The number of carbonyl (C=O) groups excluding carboxylic acids is 1. The van der Waals surface area contributed by atoms with Crippen molar-refractivity contribution < 1.29 is 9.53 Å². The Morgan fingerprint density at radius 1 is 0.872 bits per heavy atom. The molecule has 0 N–H and O–H groups in total.